The Bertz CT molecular complexity index is 455. The molecule has 1 heterocycles. The quantitative estimate of drug-likeness (QED) is 0.659. The summed E-state index contributed by atoms with van der Waals surface area (Å²) < 4.78 is 36.5. The Labute approximate surface area is 84.8 Å². The predicted octanol–water partition coefficient (Wildman–Crippen LogP) is 2.02. The number of fused-ring (bicyclic) bond motifs is 1. The molecule has 0 fully saturated rings. The van der Waals surface area contributed by atoms with Crippen LogP contribution in [0, 0.1) is 23.0 Å². The molecule has 3 nitrogen and oxygen atoms in total. The molecule has 0 spiro atoms. The van der Waals surface area contributed by atoms with Crippen molar-refractivity contribution >= 4 is 0 Å². The van der Waals surface area contributed by atoms with Gasteiger partial charge in [0, 0.05) is 0 Å². The van der Waals surface area contributed by atoms with Crippen LogP contribution in [0.5, 0.6) is 11.5 Å². The normalized spacial score (nSPS) is 23.3. The van der Waals surface area contributed by atoms with Crippen molar-refractivity contribution in [3.8, 4) is 17.6 Å². The average molecular weight is 211 g/mol. The third-order valence-corrected chi connectivity index (χ3v) is 2.07. The minimum absolute atomic E-state index is 0.128. The van der Waals surface area contributed by atoms with Crippen LogP contribution in [0.3, 0.4) is 0 Å². The number of halogens is 2. The van der Waals surface area contributed by atoms with Crippen molar-refractivity contribution in [2.45, 2.75) is 12.5 Å². The van der Waals surface area contributed by atoms with Gasteiger partial charge in [-0.25, -0.2) is 8.78 Å². The Kier molecular flexibility index (Phi) is 2.00. The van der Waals surface area contributed by atoms with Crippen molar-refractivity contribution in [3.63, 3.8) is 0 Å². The van der Waals surface area contributed by atoms with Crippen LogP contribution in [0.4, 0.5) is 8.78 Å². The zero-order chi connectivity index (χ0) is 11.1. The summed E-state index contributed by atoms with van der Waals surface area (Å²) in [5, 5.41) is 8.76. The highest BCUT2D eigenvalue weighted by molar-refractivity contribution is 5.44. The Balaban J connectivity index is 2.51. The van der Waals surface area contributed by atoms with E-state index in [1.54, 1.807) is 0 Å². The fourth-order valence-electron chi connectivity index (χ4n) is 1.26. The summed E-state index contributed by atoms with van der Waals surface area (Å²) >= 11 is 0. The van der Waals surface area contributed by atoms with Crippen LogP contribution in [0.1, 0.15) is 6.92 Å². The van der Waals surface area contributed by atoms with Gasteiger partial charge in [-0.15, -0.1) is 0 Å². The molecule has 0 N–H and O–H groups in total. The lowest BCUT2D eigenvalue weighted by atomic mass is 10.1. The van der Waals surface area contributed by atoms with Crippen molar-refractivity contribution in [3.05, 3.63) is 23.8 Å². The molecule has 15 heavy (non-hydrogen) atoms. The summed E-state index contributed by atoms with van der Waals surface area (Å²) in [5.41, 5.74) is -1.28. The molecule has 0 aromatic heterocycles. The summed E-state index contributed by atoms with van der Waals surface area (Å²) in [6.07, 6.45) is 0. The molecular weight excluding hydrogens is 204 g/mol. The molecule has 2 rings (SSSR count). The molecule has 0 radical (unpaired) electrons. The highest BCUT2D eigenvalue weighted by atomic mass is 19.1. The second kappa shape index (κ2) is 3.09. The second-order valence-electron chi connectivity index (χ2n) is 3.42. The lowest BCUT2D eigenvalue weighted by molar-refractivity contribution is 0.0421. The second-order valence-corrected chi connectivity index (χ2v) is 3.42. The average Bonchev–Trinajstić information content (AvgIpc) is 2.24. The molecule has 1 aromatic carbocycles. The Hall–Kier alpha value is -1.83. The number of ether oxygens (including phenoxy) is 2. The first-order chi connectivity index (χ1) is 7.06. The van der Waals surface area contributed by atoms with Gasteiger partial charge in [-0.05, 0) is 19.1 Å². The van der Waals surface area contributed by atoms with Crippen LogP contribution < -0.4 is 9.47 Å². The largest absolute Gasteiger partial charge is 0.481 e. The van der Waals surface area contributed by atoms with E-state index in [9.17, 15) is 8.78 Å². The molecule has 78 valence electrons. The maximum Gasteiger partial charge on any atom is 0.225 e. The lowest BCUT2D eigenvalue weighted by Gasteiger charge is -2.30. The van der Waals surface area contributed by atoms with Crippen LogP contribution in [-0.4, -0.2) is 12.2 Å². The van der Waals surface area contributed by atoms with Crippen LogP contribution in [0.2, 0.25) is 0 Å². The Morgan fingerprint density at radius 1 is 1.33 bits per heavy atom. The van der Waals surface area contributed by atoms with Gasteiger partial charge in [-0.3, -0.25) is 0 Å². The van der Waals surface area contributed by atoms with E-state index in [1.807, 2.05) is 6.07 Å². The van der Waals surface area contributed by atoms with Crippen molar-refractivity contribution in [1.29, 1.82) is 5.26 Å². The SMILES string of the molecule is C[C@]1(C#N)COc2c(F)ccc(F)c2O1. The maximum atomic E-state index is 13.2. The Morgan fingerprint density at radius 2 is 1.93 bits per heavy atom. The summed E-state index contributed by atoms with van der Waals surface area (Å²) in [5.74, 6) is -2.06. The first kappa shape index (κ1) is 9.71. The van der Waals surface area contributed by atoms with Gasteiger partial charge in [0.2, 0.25) is 11.4 Å². The van der Waals surface area contributed by atoms with Gasteiger partial charge in [0.05, 0.1) is 0 Å². The number of nitrogens with zero attached hydrogens (tertiary/aromatic N) is 1. The highest BCUT2D eigenvalue weighted by Crippen LogP contribution is 2.39. The first-order valence-corrected chi connectivity index (χ1v) is 4.27. The van der Waals surface area contributed by atoms with Crippen molar-refractivity contribution < 1.29 is 18.3 Å². The van der Waals surface area contributed by atoms with Gasteiger partial charge in [0.25, 0.3) is 0 Å². The third kappa shape index (κ3) is 1.48. The number of hydrogen-bond acceptors (Lipinski definition) is 3. The molecular formula is C10H7F2NO2. The van der Waals surface area contributed by atoms with E-state index in [0.29, 0.717) is 0 Å². The predicted molar refractivity (Wildman–Crippen MR) is 46.5 cm³/mol. The minimum atomic E-state index is -1.28. The van der Waals surface area contributed by atoms with Gasteiger partial charge in [0.1, 0.15) is 12.7 Å². The fourth-order valence-corrected chi connectivity index (χ4v) is 1.26. The smallest absolute Gasteiger partial charge is 0.225 e. The molecule has 0 amide bonds. The van der Waals surface area contributed by atoms with Crippen molar-refractivity contribution in [2.75, 3.05) is 6.61 Å². The van der Waals surface area contributed by atoms with E-state index in [-0.39, 0.29) is 18.1 Å². The number of benzene rings is 1. The Morgan fingerprint density at radius 3 is 2.53 bits per heavy atom. The molecule has 0 saturated heterocycles. The van der Waals surface area contributed by atoms with Crippen molar-refractivity contribution in [2.24, 2.45) is 0 Å². The molecule has 1 atom stereocenters. The molecule has 0 aliphatic carbocycles. The van der Waals surface area contributed by atoms with Crippen LogP contribution in [-0.2, 0) is 0 Å². The molecule has 1 aliphatic heterocycles. The van der Waals surface area contributed by atoms with E-state index in [2.05, 4.69) is 0 Å². The topological polar surface area (TPSA) is 42.2 Å². The maximum absolute atomic E-state index is 13.2. The highest BCUT2D eigenvalue weighted by Gasteiger charge is 2.36. The van der Waals surface area contributed by atoms with Crippen LogP contribution in [0.15, 0.2) is 12.1 Å². The molecule has 5 heteroatoms. The van der Waals surface area contributed by atoms with Gasteiger partial charge in [-0.2, -0.15) is 5.26 Å². The fraction of sp³-hybridized carbons (Fsp3) is 0.300. The van der Waals surface area contributed by atoms with E-state index >= 15 is 0 Å². The number of nitriles is 1. The summed E-state index contributed by atoms with van der Waals surface area (Å²) in [4.78, 5) is 0. The zero-order valence-corrected chi connectivity index (χ0v) is 7.88. The van der Waals surface area contributed by atoms with Crippen LogP contribution in [0.25, 0.3) is 0 Å². The molecule has 0 saturated carbocycles. The number of hydrogen-bond donors (Lipinski definition) is 0. The molecule has 0 unspecified atom stereocenters. The molecule has 1 aliphatic rings. The molecule has 1 aromatic rings. The zero-order valence-electron chi connectivity index (χ0n) is 7.88. The monoisotopic (exact) mass is 211 g/mol. The first-order valence-electron chi connectivity index (χ1n) is 4.27. The van der Waals surface area contributed by atoms with E-state index in [0.717, 1.165) is 12.1 Å². The lowest BCUT2D eigenvalue weighted by Crippen LogP contribution is -2.41. The van der Waals surface area contributed by atoms with E-state index < -0.39 is 17.2 Å². The molecule has 0 bridgehead atoms. The van der Waals surface area contributed by atoms with E-state index in [4.69, 9.17) is 14.7 Å². The third-order valence-electron chi connectivity index (χ3n) is 2.07. The minimum Gasteiger partial charge on any atom is -0.481 e. The van der Waals surface area contributed by atoms with E-state index in [1.165, 1.54) is 6.92 Å². The summed E-state index contributed by atoms with van der Waals surface area (Å²) in [6, 6.07) is 3.71. The number of rotatable bonds is 0. The van der Waals surface area contributed by atoms with Crippen LogP contribution >= 0.6 is 0 Å². The van der Waals surface area contributed by atoms with Gasteiger partial charge in [-0.1, -0.05) is 0 Å². The van der Waals surface area contributed by atoms with Gasteiger partial charge < -0.3 is 9.47 Å². The summed E-state index contributed by atoms with van der Waals surface area (Å²) in [7, 11) is 0. The standard InChI is InChI=1S/C10H7F2NO2/c1-10(4-13)5-14-8-6(11)2-3-7(12)9(8)15-10/h2-3H,5H2,1H3/t10-/m0/s1. The van der Waals surface area contributed by atoms with Gasteiger partial charge >= 0.3 is 0 Å². The van der Waals surface area contributed by atoms with Gasteiger partial charge in [0.15, 0.2) is 17.4 Å². The summed E-state index contributed by atoms with van der Waals surface area (Å²) in [6.45, 7) is 1.32. The van der Waals surface area contributed by atoms with Crippen molar-refractivity contribution in [1.82, 2.24) is 0 Å².